The van der Waals surface area contributed by atoms with E-state index in [0.717, 1.165) is 18.2 Å². The van der Waals surface area contributed by atoms with Gasteiger partial charge in [0.25, 0.3) is 21.5 Å². The van der Waals surface area contributed by atoms with Crippen molar-refractivity contribution in [3.63, 3.8) is 0 Å². The Morgan fingerprint density at radius 1 is 1.11 bits per heavy atom. The number of benzene rings is 2. The molecule has 0 saturated carbocycles. The van der Waals surface area contributed by atoms with Crippen molar-refractivity contribution in [2.75, 3.05) is 10.0 Å². The summed E-state index contributed by atoms with van der Waals surface area (Å²) in [5, 5.41) is 18.3. The van der Waals surface area contributed by atoms with Gasteiger partial charge in [0.2, 0.25) is 0 Å². The lowest BCUT2D eigenvalue weighted by atomic mass is 10.2. The molecule has 1 aromatic heterocycles. The van der Waals surface area contributed by atoms with Gasteiger partial charge in [-0.2, -0.15) is 5.10 Å². The summed E-state index contributed by atoms with van der Waals surface area (Å²) in [6, 6.07) is 11.8. The lowest BCUT2D eigenvalue weighted by Crippen LogP contribution is -2.18. The van der Waals surface area contributed by atoms with Crippen LogP contribution in [0.25, 0.3) is 0 Å². The molecule has 1 heterocycles. The Morgan fingerprint density at radius 3 is 2.57 bits per heavy atom. The number of carbonyl (C=O) groups excluding carboxylic acids is 1. The highest BCUT2D eigenvalue weighted by molar-refractivity contribution is 7.92. The van der Waals surface area contributed by atoms with Crippen molar-refractivity contribution >= 4 is 38.9 Å². The Bertz CT molecular complexity index is 1190. The van der Waals surface area contributed by atoms with Gasteiger partial charge in [-0.3, -0.25) is 14.3 Å². The van der Waals surface area contributed by atoms with Crippen molar-refractivity contribution in [2.24, 2.45) is 0 Å². The first-order valence-electron chi connectivity index (χ1n) is 7.73. The third-order valence-corrected chi connectivity index (χ3v) is 5.13. The minimum Gasteiger partial charge on any atom is -0.506 e. The van der Waals surface area contributed by atoms with Gasteiger partial charge in [-0.05, 0) is 42.5 Å². The molecule has 0 atom stereocenters. The van der Waals surface area contributed by atoms with Crippen LogP contribution in [-0.4, -0.2) is 29.6 Å². The molecular formula is C17H13ClN4O5S. The highest BCUT2D eigenvalue weighted by Gasteiger charge is 2.18. The van der Waals surface area contributed by atoms with E-state index in [2.05, 4.69) is 20.2 Å². The van der Waals surface area contributed by atoms with E-state index in [1.165, 1.54) is 24.3 Å². The van der Waals surface area contributed by atoms with Gasteiger partial charge in [0.15, 0.2) is 0 Å². The second-order valence-electron chi connectivity index (χ2n) is 5.56. The fraction of sp³-hybridized carbons (Fsp3) is 0. The molecule has 9 nitrogen and oxygen atoms in total. The van der Waals surface area contributed by atoms with Crippen LogP contribution < -0.4 is 15.6 Å². The highest BCUT2D eigenvalue weighted by Crippen LogP contribution is 2.28. The molecule has 0 aliphatic carbocycles. The molecule has 0 aliphatic rings. The number of anilines is 2. The fourth-order valence-corrected chi connectivity index (χ4v) is 3.47. The highest BCUT2D eigenvalue weighted by atomic mass is 35.5. The summed E-state index contributed by atoms with van der Waals surface area (Å²) in [6.45, 7) is 0. The van der Waals surface area contributed by atoms with Crippen LogP contribution in [0, 0.1) is 0 Å². The van der Waals surface area contributed by atoms with Crippen LogP contribution in [0.2, 0.25) is 5.02 Å². The van der Waals surface area contributed by atoms with Crippen LogP contribution in [0.5, 0.6) is 5.75 Å². The summed E-state index contributed by atoms with van der Waals surface area (Å²) in [7, 11) is -4.01. The molecule has 0 unspecified atom stereocenters. The van der Waals surface area contributed by atoms with Crippen molar-refractivity contribution in [3.05, 3.63) is 75.7 Å². The van der Waals surface area contributed by atoms with E-state index in [4.69, 9.17) is 11.6 Å². The van der Waals surface area contributed by atoms with Crippen molar-refractivity contribution in [2.45, 2.75) is 4.90 Å². The van der Waals surface area contributed by atoms with Crippen molar-refractivity contribution in [1.29, 1.82) is 0 Å². The first kappa shape index (κ1) is 19.4. The summed E-state index contributed by atoms with van der Waals surface area (Å²) in [5.41, 5.74) is -0.501. The third kappa shape index (κ3) is 4.48. The predicted molar refractivity (Wildman–Crippen MR) is 103 cm³/mol. The van der Waals surface area contributed by atoms with E-state index >= 15 is 0 Å². The number of hydrogen-bond donors (Lipinski definition) is 4. The van der Waals surface area contributed by atoms with Gasteiger partial charge in [0.1, 0.15) is 11.4 Å². The third-order valence-electron chi connectivity index (χ3n) is 3.52. The van der Waals surface area contributed by atoms with Crippen LogP contribution in [0.15, 0.2) is 64.3 Å². The van der Waals surface area contributed by atoms with Crippen molar-refractivity contribution in [3.8, 4) is 5.75 Å². The first-order valence-corrected chi connectivity index (χ1v) is 9.59. The Hall–Kier alpha value is -3.37. The molecule has 0 fully saturated rings. The fourth-order valence-electron chi connectivity index (χ4n) is 2.21. The van der Waals surface area contributed by atoms with Crippen molar-refractivity contribution < 1.29 is 18.3 Å². The molecule has 3 rings (SSSR count). The number of nitrogens with zero attached hydrogens (tertiary/aromatic N) is 1. The van der Waals surface area contributed by atoms with E-state index < -0.39 is 21.5 Å². The number of hydrogen-bond acceptors (Lipinski definition) is 6. The molecule has 2 aromatic carbocycles. The number of H-pyrrole nitrogens is 1. The summed E-state index contributed by atoms with van der Waals surface area (Å²) in [4.78, 5) is 23.0. The second kappa shape index (κ2) is 7.71. The summed E-state index contributed by atoms with van der Waals surface area (Å²) < 4.78 is 27.5. The van der Waals surface area contributed by atoms with Crippen LogP contribution >= 0.6 is 11.6 Å². The Labute approximate surface area is 164 Å². The molecule has 0 saturated heterocycles. The lowest BCUT2D eigenvalue weighted by Gasteiger charge is -2.11. The molecule has 3 aromatic rings. The second-order valence-corrected chi connectivity index (χ2v) is 7.67. The molecular weight excluding hydrogens is 408 g/mol. The molecule has 0 spiro atoms. The average molecular weight is 421 g/mol. The van der Waals surface area contributed by atoms with Crippen LogP contribution in [-0.2, 0) is 10.0 Å². The number of carbonyl (C=O) groups is 1. The molecule has 28 heavy (non-hydrogen) atoms. The number of halogens is 1. The minimum atomic E-state index is -4.01. The first-order chi connectivity index (χ1) is 13.2. The SMILES string of the molecule is O=C(Nc1cc(S(=O)(=O)Nc2cccc(Cl)c2)ccc1O)c1ccc(=O)[nH]n1. The molecule has 0 bridgehead atoms. The van der Waals surface area contributed by atoms with Gasteiger partial charge in [0.05, 0.1) is 16.3 Å². The van der Waals surface area contributed by atoms with Crippen LogP contribution in [0.4, 0.5) is 11.4 Å². The Balaban J connectivity index is 1.87. The Kier molecular flexibility index (Phi) is 5.34. The number of nitrogens with one attached hydrogen (secondary N) is 3. The molecule has 0 radical (unpaired) electrons. The quantitative estimate of drug-likeness (QED) is 0.466. The van der Waals surface area contributed by atoms with Gasteiger partial charge < -0.3 is 10.4 Å². The molecule has 1 amide bonds. The van der Waals surface area contributed by atoms with E-state index in [-0.39, 0.29) is 27.7 Å². The smallest absolute Gasteiger partial charge is 0.276 e. The maximum absolute atomic E-state index is 12.6. The number of sulfonamides is 1. The van der Waals surface area contributed by atoms with Gasteiger partial charge in [-0.15, -0.1) is 0 Å². The zero-order valence-electron chi connectivity index (χ0n) is 14.0. The number of aromatic amines is 1. The zero-order valence-corrected chi connectivity index (χ0v) is 15.6. The van der Waals surface area contributed by atoms with Gasteiger partial charge in [0, 0.05) is 11.1 Å². The average Bonchev–Trinajstić information content (AvgIpc) is 2.63. The van der Waals surface area contributed by atoms with Crippen molar-refractivity contribution in [1.82, 2.24) is 10.2 Å². The van der Waals surface area contributed by atoms with Gasteiger partial charge >= 0.3 is 0 Å². The molecule has 144 valence electrons. The van der Waals surface area contributed by atoms with Crippen LogP contribution in [0.1, 0.15) is 10.5 Å². The standard InChI is InChI=1S/C17H13ClN4O5S/c18-10-2-1-3-11(8-10)22-28(26,27)12-4-6-15(23)14(9-12)19-17(25)13-5-7-16(24)21-20-13/h1-9,22-23H,(H,19,25)(H,21,24). The largest absolute Gasteiger partial charge is 0.506 e. The molecule has 11 heteroatoms. The normalized spacial score (nSPS) is 11.0. The maximum atomic E-state index is 12.6. The molecule has 0 aliphatic heterocycles. The van der Waals surface area contributed by atoms with Gasteiger partial charge in [-0.1, -0.05) is 17.7 Å². The number of phenols is 1. The number of rotatable bonds is 5. The van der Waals surface area contributed by atoms with E-state index in [9.17, 15) is 23.1 Å². The van der Waals surface area contributed by atoms with E-state index in [1.807, 2.05) is 0 Å². The monoisotopic (exact) mass is 420 g/mol. The number of amides is 1. The molecule has 4 N–H and O–H groups in total. The van der Waals surface area contributed by atoms with Crippen LogP contribution in [0.3, 0.4) is 0 Å². The summed E-state index contributed by atoms with van der Waals surface area (Å²) in [6.07, 6.45) is 0. The summed E-state index contributed by atoms with van der Waals surface area (Å²) >= 11 is 5.85. The minimum absolute atomic E-state index is 0.121. The topological polar surface area (TPSA) is 141 Å². The number of aromatic nitrogens is 2. The van der Waals surface area contributed by atoms with E-state index in [0.29, 0.717) is 5.02 Å². The number of aromatic hydroxyl groups is 1. The Morgan fingerprint density at radius 2 is 1.89 bits per heavy atom. The predicted octanol–water partition coefficient (Wildman–Crippen LogP) is 2.18. The zero-order chi connectivity index (χ0) is 20.3. The lowest BCUT2D eigenvalue weighted by molar-refractivity contribution is 0.102. The summed E-state index contributed by atoms with van der Waals surface area (Å²) in [5.74, 6) is -1.09. The van der Waals surface area contributed by atoms with Gasteiger partial charge in [-0.25, -0.2) is 13.5 Å². The van der Waals surface area contributed by atoms with E-state index in [1.54, 1.807) is 12.1 Å². The number of phenolic OH excluding ortho intramolecular Hbond substituents is 1. The maximum Gasteiger partial charge on any atom is 0.276 e.